The Morgan fingerprint density at radius 1 is 1.03 bits per heavy atom. The lowest BCUT2D eigenvalue weighted by Crippen LogP contribution is -2.43. The Labute approximate surface area is 213 Å². The van der Waals surface area contributed by atoms with Crippen molar-refractivity contribution in [2.75, 3.05) is 0 Å². The first kappa shape index (κ1) is 24.8. The molecule has 0 spiro atoms. The minimum absolute atomic E-state index is 0.0745. The van der Waals surface area contributed by atoms with Gasteiger partial charge in [0, 0.05) is 12.1 Å². The molecule has 1 amide bonds. The smallest absolute Gasteiger partial charge is 0.243 e. The van der Waals surface area contributed by atoms with Crippen LogP contribution < -0.4 is 10.1 Å². The summed E-state index contributed by atoms with van der Waals surface area (Å²) in [5, 5.41) is 3.40. The van der Waals surface area contributed by atoms with Crippen molar-refractivity contribution in [3.8, 4) is 5.75 Å². The molecule has 192 valence electrons. The van der Waals surface area contributed by atoms with Crippen LogP contribution >= 0.6 is 0 Å². The Balaban J connectivity index is 1.53. The number of aryl methyl sites for hydroxylation is 2. The number of imidazole rings is 1. The average Bonchev–Trinajstić information content (AvgIpc) is 3.23. The molecule has 6 heteroatoms. The van der Waals surface area contributed by atoms with Gasteiger partial charge in [-0.05, 0) is 74.8 Å². The molecule has 1 N–H and O–H groups in total. The summed E-state index contributed by atoms with van der Waals surface area (Å²) in [6.45, 7) is 4.29. The van der Waals surface area contributed by atoms with Gasteiger partial charge in [0.15, 0.2) is 0 Å². The highest BCUT2D eigenvalue weighted by Gasteiger charge is 2.35. The molecule has 2 aliphatic rings. The van der Waals surface area contributed by atoms with E-state index in [0.29, 0.717) is 11.3 Å². The second-order valence-electron chi connectivity index (χ2n) is 10.8. The Morgan fingerprint density at radius 3 is 2.50 bits per heavy atom. The van der Waals surface area contributed by atoms with Gasteiger partial charge in [-0.3, -0.25) is 4.79 Å². The predicted octanol–water partition coefficient (Wildman–Crippen LogP) is 6.94. The monoisotopic (exact) mass is 491 g/mol. The van der Waals surface area contributed by atoms with Gasteiger partial charge in [0.25, 0.3) is 0 Å². The van der Waals surface area contributed by atoms with Crippen LogP contribution in [0.4, 0.5) is 4.39 Å². The SMILES string of the molecule is Cc1ccc(C)c(OCc2nc3cc(F)ccc3n2C(C(=O)NC2CCCCC2)C2CCCCC2)c1. The number of halogens is 1. The lowest BCUT2D eigenvalue weighted by Gasteiger charge is -2.33. The van der Waals surface area contributed by atoms with E-state index in [0.717, 1.165) is 60.9 Å². The second kappa shape index (κ2) is 11.0. The number of carbonyl (C=O) groups is 1. The van der Waals surface area contributed by atoms with Gasteiger partial charge in [-0.25, -0.2) is 9.37 Å². The molecule has 1 aromatic heterocycles. The summed E-state index contributed by atoms with van der Waals surface area (Å²) < 4.78 is 22.5. The maximum Gasteiger partial charge on any atom is 0.243 e. The van der Waals surface area contributed by atoms with Gasteiger partial charge in [0.1, 0.15) is 30.0 Å². The summed E-state index contributed by atoms with van der Waals surface area (Å²) in [4.78, 5) is 18.8. The summed E-state index contributed by atoms with van der Waals surface area (Å²) >= 11 is 0. The zero-order chi connectivity index (χ0) is 25.1. The zero-order valence-corrected chi connectivity index (χ0v) is 21.6. The van der Waals surface area contributed by atoms with Crippen molar-refractivity contribution in [2.45, 2.75) is 96.7 Å². The summed E-state index contributed by atoms with van der Waals surface area (Å²) in [5.74, 6) is 1.45. The van der Waals surface area contributed by atoms with Crippen LogP contribution in [0.3, 0.4) is 0 Å². The van der Waals surface area contributed by atoms with Crippen molar-refractivity contribution >= 4 is 16.9 Å². The first-order valence-electron chi connectivity index (χ1n) is 13.7. The fourth-order valence-corrected chi connectivity index (χ4v) is 6.06. The summed E-state index contributed by atoms with van der Waals surface area (Å²) in [6, 6.07) is 10.7. The molecule has 2 aromatic carbocycles. The molecule has 1 atom stereocenters. The molecule has 0 radical (unpaired) electrons. The Kier molecular flexibility index (Phi) is 7.59. The normalized spacial score (nSPS) is 18.3. The number of fused-ring (bicyclic) bond motifs is 1. The molecule has 2 fully saturated rings. The van der Waals surface area contributed by atoms with Crippen molar-refractivity contribution in [1.29, 1.82) is 0 Å². The number of ether oxygens (including phenoxy) is 1. The molecule has 0 bridgehead atoms. The molecule has 36 heavy (non-hydrogen) atoms. The van der Waals surface area contributed by atoms with E-state index in [4.69, 9.17) is 9.72 Å². The lowest BCUT2D eigenvalue weighted by atomic mass is 9.83. The van der Waals surface area contributed by atoms with Crippen molar-refractivity contribution in [2.24, 2.45) is 5.92 Å². The largest absolute Gasteiger partial charge is 0.485 e. The highest BCUT2D eigenvalue weighted by atomic mass is 19.1. The molecule has 1 unspecified atom stereocenters. The van der Waals surface area contributed by atoms with Crippen LogP contribution in [-0.4, -0.2) is 21.5 Å². The average molecular weight is 492 g/mol. The van der Waals surface area contributed by atoms with Crippen LogP contribution in [0.15, 0.2) is 36.4 Å². The molecular weight excluding hydrogens is 453 g/mol. The number of hydrogen-bond acceptors (Lipinski definition) is 3. The summed E-state index contributed by atoms with van der Waals surface area (Å²) in [5.41, 5.74) is 3.54. The minimum Gasteiger partial charge on any atom is -0.485 e. The van der Waals surface area contributed by atoms with Gasteiger partial charge in [-0.2, -0.15) is 0 Å². The number of nitrogens with one attached hydrogen (secondary N) is 1. The van der Waals surface area contributed by atoms with Crippen LogP contribution in [-0.2, 0) is 11.4 Å². The molecule has 0 saturated heterocycles. The number of nitrogens with zero attached hydrogens (tertiary/aromatic N) is 2. The molecule has 5 rings (SSSR count). The molecular formula is C30H38FN3O2. The van der Waals surface area contributed by atoms with Crippen LogP contribution in [0.5, 0.6) is 5.75 Å². The van der Waals surface area contributed by atoms with Gasteiger partial charge >= 0.3 is 0 Å². The number of amides is 1. The number of rotatable bonds is 7. The highest BCUT2D eigenvalue weighted by molar-refractivity contribution is 5.85. The second-order valence-corrected chi connectivity index (χ2v) is 10.8. The molecule has 3 aromatic rings. The van der Waals surface area contributed by atoms with Crippen molar-refractivity contribution in [3.05, 3.63) is 59.2 Å². The third-order valence-electron chi connectivity index (χ3n) is 8.02. The van der Waals surface area contributed by atoms with E-state index in [-0.39, 0.29) is 36.3 Å². The van der Waals surface area contributed by atoms with Gasteiger partial charge in [0.05, 0.1) is 11.0 Å². The van der Waals surface area contributed by atoms with E-state index in [1.54, 1.807) is 6.07 Å². The van der Waals surface area contributed by atoms with Crippen LogP contribution in [0.1, 0.15) is 87.2 Å². The third-order valence-corrected chi connectivity index (χ3v) is 8.02. The summed E-state index contributed by atoms with van der Waals surface area (Å²) in [6.07, 6.45) is 11.2. The summed E-state index contributed by atoms with van der Waals surface area (Å²) in [7, 11) is 0. The number of carbonyl (C=O) groups excluding carboxylic acids is 1. The maximum atomic E-state index is 14.2. The first-order valence-corrected chi connectivity index (χ1v) is 13.7. The first-order chi connectivity index (χ1) is 17.5. The molecule has 0 aliphatic heterocycles. The topological polar surface area (TPSA) is 56.2 Å². The number of aromatic nitrogens is 2. The van der Waals surface area contributed by atoms with Crippen LogP contribution in [0, 0.1) is 25.6 Å². The lowest BCUT2D eigenvalue weighted by molar-refractivity contribution is -0.127. The quantitative estimate of drug-likeness (QED) is 0.389. The maximum absolute atomic E-state index is 14.2. The van der Waals surface area contributed by atoms with E-state index in [1.165, 1.54) is 37.8 Å². The van der Waals surface area contributed by atoms with Gasteiger partial charge in [-0.15, -0.1) is 0 Å². The Morgan fingerprint density at radius 2 is 1.75 bits per heavy atom. The standard InChI is InChI=1S/C30H38FN3O2/c1-20-13-14-21(2)27(17-20)36-19-28-33-25-18-23(31)15-16-26(25)34(28)29(22-9-5-3-6-10-22)30(35)32-24-11-7-4-8-12-24/h13-18,22,24,29H,3-12,19H2,1-2H3,(H,32,35). The van der Waals surface area contributed by atoms with E-state index in [9.17, 15) is 9.18 Å². The van der Waals surface area contributed by atoms with Crippen LogP contribution in [0.25, 0.3) is 11.0 Å². The molecule has 2 aliphatic carbocycles. The fourth-order valence-electron chi connectivity index (χ4n) is 6.06. The van der Waals surface area contributed by atoms with E-state index >= 15 is 0 Å². The van der Waals surface area contributed by atoms with Gasteiger partial charge in [0.2, 0.25) is 5.91 Å². The fraction of sp³-hybridized carbons (Fsp3) is 0.533. The zero-order valence-electron chi connectivity index (χ0n) is 21.6. The Hall–Kier alpha value is -2.89. The highest BCUT2D eigenvalue weighted by Crippen LogP contribution is 2.37. The minimum atomic E-state index is -0.375. The third kappa shape index (κ3) is 5.42. The predicted molar refractivity (Wildman–Crippen MR) is 141 cm³/mol. The van der Waals surface area contributed by atoms with Gasteiger partial charge in [-0.1, -0.05) is 50.7 Å². The van der Waals surface area contributed by atoms with E-state index < -0.39 is 0 Å². The Bertz CT molecular complexity index is 1210. The van der Waals surface area contributed by atoms with Crippen molar-refractivity contribution in [1.82, 2.24) is 14.9 Å². The number of hydrogen-bond donors (Lipinski definition) is 1. The van der Waals surface area contributed by atoms with Crippen molar-refractivity contribution in [3.63, 3.8) is 0 Å². The molecule has 2 saturated carbocycles. The van der Waals surface area contributed by atoms with Gasteiger partial charge < -0.3 is 14.6 Å². The van der Waals surface area contributed by atoms with E-state index in [2.05, 4.69) is 16.0 Å². The molecule has 1 heterocycles. The number of benzene rings is 2. The van der Waals surface area contributed by atoms with Crippen LogP contribution in [0.2, 0.25) is 0 Å². The van der Waals surface area contributed by atoms with Crippen molar-refractivity contribution < 1.29 is 13.9 Å². The molecule has 5 nitrogen and oxygen atoms in total. The van der Waals surface area contributed by atoms with E-state index in [1.807, 2.05) is 26.0 Å².